The van der Waals surface area contributed by atoms with Gasteiger partial charge >= 0.3 is 6.03 Å². The quantitative estimate of drug-likeness (QED) is 0.443. The molecule has 1 aliphatic rings. The Morgan fingerprint density at radius 1 is 1.09 bits per heavy atom. The third-order valence-electron chi connectivity index (χ3n) is 5.43. The lowest BCUT2D eigenvalue weighted by molar-refractivity contribution is -0.117. The number of carbonyl (C=O) groups is 3. The minimum Gasteiger partial charge on any atom is -0.351 e. The van der Waals surface area contributed by atoms with Gasteiger partial charge in [0.15, 0.2) is 0 Å². The number of rotatable bonds is 6. The summed E-state index contributed by atoms with van der Waals surface area (Å²) in [6.07, 6.45) is 7.68. The van der Waals surface area contributed by atoms with Crippen molar-refractivity contribution < 1.29 is 14.4 Å². The Morgan fingerprint density at radius 3 is 2.48 bits per heavy atom. The van der Waals surface area contributed by atoms with Crippen LogP contribution in [0.25, 0.3) is 0 Å². The van der Waals surface area contributed by atoms with Crippen LogP contribution in [-0.4, -0.2) is 23.9 Å². The van der Waals surface area contributed by atoms with Gasteiger partial charge in [0.2, 0.25) is 0 Å². The molecule has 172 valence electrons. The Balaban J connectivity index is 1.85. The molecule has 0 radical (unpaired) electrons. The lowest BCUT2D eigenvalue weighted by Crippen LogP contribution is -2.46. The zero-order valence-electron chi connectivity index (χ0n) is 18.5. The van der Waals surface area contributed by atoms with Gasteiger partial charge in [-0.2, -0.15) is 0 Å². The summed E-state index contributed by atoms with van der Waals surface area (Å²) in [7, 11) is 0. The Bertz CT molecular complexity index is 1110. The zero-order chi connectivity index (χ0) is 24.0. The summed E-state index contributed by atoms with van der Waals surface area (Å²) in [5.74, 6) is -0.613. The van der Waals surface area contributed by atoms with Crippen LogP contribution in [0.2, 0.25) is 0 Å². The summed E-state index contributed by atoms with van der Waals surface area (Å²) in [5, 5.41) is 8.28. The molecule has 1 aliphatic carbocycles. The summed E-state index contributed by atoms with van der Waals surface area (Å²) < 4.78 is 0.765. The van der Waals surface area contributed by atoms with Crippen LogP contribution in [-0.2, 0) is 4.79 Å². The van der Waals surface area contributed by atoms with Crippen LogP contribution < -0.4 is 21.7 Å². The maximum Gasteiger partial charge on any atom is 0.316 e. The van der Waals surface area contributed by atoms with E-state index in [1.807, 2.05) is 37.3 Å². The fourth-order valence-corrected chi connectivity index (χ4v) is 4.21. The van der Waals surface area contributed by atoms with E-state index in [9.17, 15) is 14.4 Å². The number of anilines is 2. The molecule has 0 spiro atoms. The van der Waals surface area contributed by atoms with Crippen molar-refractivity contribution in [3.05, 3.63) is 81.9 Å². The molecule has 5 N–H and O–H groups in total. The first-order valence-corrected chi connectivity index (χ1v) is 11.4. The normalized spacial score (nSPS) is 16.2. The predicted octanol–water partition coefficient (Wildman–Crippen LogP) is 4.90. The predicted molar refractivity (Wildman–Crippen MR) is 134 cm³/mol. The first-order valence-electron chi connectivity index (χ1n) is 10.7. The Labute approximate surface area is 201 Å². The van der Waals surface area contributed by atoms with Crippen molar-refractivity contribution in [2.75, 3.05) is 10.6 Å². The summed E-state index contributed by atoms with van der Waals surface area (Å²) >= 11 is 3.49. The molecular formula is C25H27BrN4O3. The second kappa shape index (κ2) is 11.0. The van der Waals surface area contributed by atoms with Gasteiger partial charge in [0, 0.05) is 15.7 Å². The molecule has 33 heavy (non-hydrogen) atoms. The molecule has 0 heterocycles. The van der Waals surface area contributed by atoms with Gasteiger partial charge in [0.1, 0.15) is 6.04 Å². The number of hydrogen-bond acceptors (Lipinski definition) is 3. The van der Waals surface area contributed by atoms with E-state index in [0.29, 0.717) is 16.9 Å². The van der Waals surface area contributed by atoms with E-state index in [1.54, 1.807) is 24.3 Å². The second-order valence-corrected chi connectivity index (χ2v) is 8.87. The van der Waals surface area contributed by atoms with Gasteiger partial charge in [-0.1, -0.05) is 31.2 Å². The second-order valence-electron chi connectivity index (χ2n) is 8.02. The van der Waals surface area contributed by atoms with Crippen molar-refractivity contribution in [3.63, 3.8) is 0 Å². The van der Waals surface area contributed by atoms with Crippen molar-refractivity contribution in [2.24, 2.45) is 11.7 Å². The van der Waals surface area contributed by atoms with Crippen molar-refractivity contribution in [3.8, 4) is 0 Å². The fourth-order valence-electron chi connectivity index (χ4n) is 3.62. The van der Waals surface area contributed by atoms with E-state index in [4.69, 9.17) is 5.73 Å². The van der Waals surface area contributed by atoms with Crippen molar-refractivity contribution in [1.29, 1.82) is 0 Å². The topological polar surface area (TPSA) is 113 Å². The number of nitrogens with two attached hydrogens (primary N) is 1. The monoisotopic (exact) mass is 510 g/mol. The van der Waals surface area contributed by atoms with Crippen molar-refractivity contribution in [1.82, 2.24) is 5.32 Å². The van der Waals surface area contributed by atoms with E-state index in [0.717, 1.165) is 28.5 Å². The number of halogens is 1. The highest BCUT2D eigenvalue weighted by atomic mass is 79.9. The molecule has 4 amide bonds. The molecule has 3 rings (SSSR count). The number of nitrogens with one attached hydrogen (secondary N) is 3. The summed E-state index contributed by atoms with van der Waals surface area (Å²) in [6.45, 7) is 4.02. The third-order valence-corrected chi connectivity index (χ3v) is 6.08. The maximum absolute atomic E-state index is 13.4. The first-order chi connectivity index (χ1) is 15.7. The molecule has 0 aliphatic heterocycles. The number of urea groups is 1. The van der Waals surface area contributed by atoms with Gasteiger partial charge in [-0.3, -0.25) is 9.59 Å². The number of carbonyl (C=O) groups excluding carboxylic acids is 3. The molecule has 2 unspecified atom stereocenters. The van der Waals surface area contributed by atoms with Gasteiger partial charge in [-0.05, 0) is 89.1 Å². The highest BCUT2D eigenvalue weighted by Crippen LogP contribution is 2.27. The molecule has 0 saturated carbocycles. The van der Waals surface area contributed by atoms with Gasteiger partial charge < -0.3 is 21.7 Å². The zero-order valence-corrected chi connectivity index (χ0v) is 20.1. The average molecular weight is 511 g/mol. The summed E-state index contributed by atoms with van der Waals surface area (Å²) in [6, 6.07) is 10.4. The van der Waals surface area contributed by atoms with E-state index >= 15 is 0 Å². The number of hydrogen-bond donors (Lipinski definition) is 4. The number of allylic oxidation sites excluding steroid dienone is 3. The minimum absolute atomic E-state index is 0.111. The molecule has 2 atom stereocenters. The van der Waals surface area contributed by atoms with Crippen LogP contribution in [0.4, 0.5) is 16.2 Å². The van der Waals surface area contributed by atoms with Gasteiger partial charge in [-0.25, -0.2) is 4.79 Å². The number of aryl methyl sites for hydroxylation is 1. The van der Waals surface area contributed by atoms with Crippen molar-refractivity contribution in [2.45, 2.75) is 32.7 Å². The smallest absolute Gasteiger partial charge is 0.316 e. The SMILES string of the molecule is Cc1ccc(NC(=O)C(NC(=O)c2ccc(NC(N)=O)cc2)C2=CC=CCCC2C)c(Br)c1. The molecule has 0 fully saturated rings. The summed E-state index contributed by atoms with van der Waals surface area (Å²) in [4.78, 5) is 37.4. The molecule has 2 aromatic carbocycles. The molecule has 2 aromatic rings. The van der Waals surface area contributed by atoms with Crippen LogP contribution in [0.3, 0.4) is 0 Å². The van der Waals surface area contributed by atoms with Gasteiger partial charge in [0.25, 0.3) is 11.8 Å². The van der Waals surface area contributed by atoms with E-state index < -0.39 is 18.0 Å². The van der Waals surface area contributed by atoms with Crippen LogP contribution in [0.1, 0.15) is 35.7 Å². The fraction of sp³-hybridized carbons (Fsp3) is 0.240. The minimum atomic E-state index is -0.855. The molecular weight excluding hydrogens is 484 g/mol. The molecule has 0 aromatic heterocycles. The molecule has 8 heteroatoms. The molecule has 7 nitrogen and oxygen atoms in total. The van der Waals surface area contributed by atoms with Crippen LogP contribution >= 0.6 is 15.9 Å². The Kier molecular flexibility index (Phi) is 8.06. The standard InChI is InChI=1S/C25H27BrN4O3/c1-15-8-13-21(20(26)14-15)29-24(32)22(19-7-5-3-4-6-16(19)2)30-23(31)17-9-11-18(12-10-17)28-25(27)33/h3,5,7-14,16,22H,4,6H2,1-2H3,(H,29,32)(H,30,31)(H3,27,28,33). The van der Waals surface area contributed by atoms with Crippen LogP contribution in [0.15, 0.2) is 70.7 Å². The largest absolute Gasteiger partial charge is 0.351 e. The number of amides is 4. The Morgan fingerprint density at radius 2 is 1.82 bits per heavy atom. The maximum atomic E-state index is 13.4. The molecule has 0 bridgehead atoms. The number of benzene rings is 2. The summed E-state index contributed by atoms with van der Waals surface area (Å²) in [5.41, 5.74) is 8.48. The third kappa shape index (κ3) is 6.55. The lowest BCUT2D eigenvalue weighted by Gasteiger charge is -2.25. The van der Waals surface area contributed by atoms with Gasteiger partial charge in [0.05, 0.1) is 5.69 Å². The Hall–Kier alpha value is -3.39. The van der Waals surface area contributed by atoms with Crippen LogP contribution in [0, 0.1) is 12.8 Å². The number of primary amides is 1. The van der Waals surface area contributed by atoms with E-state index in [-0.39, 0.29) is 11.8 Å². The molecule has 0 saturated heterocycles. The highest BCUT2D eigenvalue weighted by molar-refractivity contribution is 9.10. The van der Waals surface area contributed by atoms with E-state index in [2.05, 4.69) is 44.9 Å². The van der Waals surface area contributed by atoms with Crippen LogP contribution in [0.5, 0.6) is 0 Å². The van der Waals surface area contributed by atoms with Gasteiger partial charge in [-0.15, -0.1) is 0 Å². The first kappa shape index (κ1) is 24.3. The van der Waals surface area contributed by atoms with E-state index in [1.165, 1.54) is 0 Å². The lowest BCUT2D eigenvalue weighted by atomic mass is 9.90. The average Bonchev–Trinajstić information content (AvgIpc) is 2.98. The highest BCUT2D eigenvalue weighted by Gasteiger charge is 2.29. The van der Waals surface area contributed by atoms with Crippen molar-refractivity contribution >= 4 is 45.2 Å².